The maximum absolute atomic E-state index is 12.6. The minimum atomic E-state index is -0.996. The molecule has 2 aromatic rings. The van der Waals surface area contributed by atoms with E-state index in [1.807, 2.05) is 11.8 Å². The van der Waals surface area contributed by atoms with Crippen molar-refractivity contribution in [3.8, 4) is 0 Å². The standard InChI is InChI=1S/C17H20Cl2N4O4S/c1-3-27-10-7-23(17-20-6-11(28-17)16(25)26)5-4-9(10)22-15(24)14-13(19)12(18)8(2)21-14/h6,9-10,21H,3-5,7H2,1-2H3,(H,22,24)(H,25,26)/t9-,10+/m1/s1. The highest BCUT2D eigenvalue weighted by Crippen LogP contribution is 2.30. The van der Waals surface area contributed by atoms with Gasteiger partial charge in [-0.1, -0.05) is 34.5 Å². The number of anilines is 1. The SMILES string of the molecule is CCO[C@H]1CN(c2ncc(C(=O)O)s2)CC[C@H]1NC(=O)c1[nH]c(C)c(Cl)c1Cl. The van der Waals surface area contributed by atoms with Crippen LogP contribution in [0.15, 0.2) is 6.20 Å². The number of rotatable bonds is 6. The Balaban J connectivity index is 1.71. The van der Waals surface area contributed by atoms with Gasteiger partial charge in [-0.25, -0.2) is 9.78 Å². The van der Waals surface area contributed by atoms with Gasteiger partial charge in [0.15, 0.2) is 5.13 Å². The number of aromatic nitrogens is 2. The maximum Gasteiger partial charge on any atom is 0.347 e. The number of H-pyrrole nitrogens is 1. The molecule has 0 saturated carbocycles. The molecule has 1 aliphatic rings. The number of carbonyl (C=O) groups is 2. The van der Waals surface area contributed by atoms with Gasteiger partial charge in [-0.3, -0.25) is 4.79 Å². The molecule has 1 aliphatic heterocycles. The van der Waals surface area contributed by atoms with Gasteiger partial charge in [-0.2, -0.15) is 0 Å². The number of ether oxygens (including phenoxy) is 1. The molecule has 2 aromatic heterocycles. The molecule has 1 amide bonds. The van der Waals surface area contributed by atoms with E-state index in [9.17, 15) is 9.59 Å². The molecule has 3 rings (SSSR count). The van der Waals surface area contributed by atoms with Gasteiger partial charge < -0.3 is 25.0 Å². The number of amides is 1. The van der Waals surface area contributed by atoms with Crippen molar-refractivity contribution in [2.75, 3.05) is 24.6 Å². The molecular formula is C17H20Cl2N4O4S. The Kier molecular flexibility index (Phi) is 6.49. The molecule has 8 nitrogen and oxygen atoms in total. The molecule has 3 N–H and O–H groups in total. The number of thiazole rings is 1. The van der Waals surface area contributed by atoms with Gasteiger partial charge in [-0.15, -0.1) is 0 Å². The van der Waals surface area contributed by atoms with Crippen LogP contribution in [0.2, 0.25) is 10.0 Å². The normalized spacial score (nSPS) is 19.6. The second-order valence-corrected chi connectivity index (χ2v) is 8.14. The van der Waals surface area contributed by atoms with E-state index in [1.54, 1.807) is 6.92 Å². The predicted octanol–water partition coefficient (Wildman–Crippen LogP) is 3.20. The Labute approximate surface area is 175 Å². The van der Waals surface area contributed by atoms with Crippen molar-refractivity contribution in [1.29, 1.82) is 0 Å². The quantitative estimate of drug-likeness (QED) is 0.628. The summed E-state index contributed by atoms with van der Waals surface area (Å²) in [5, 5.41) is 13.2. The lowest BCUT2D eigenvalue weighted by atomic mass is 10.0. The number of hydrogen-bond donors (Lipinski definition) is 3. The highest BCUT2D eigenvalue weighted by atomic mass is 35.5. The van der Waals surface area contributed by atoms with Crippen molar-refractivity contribution in [3.63, 3.8) is 0 Å². The smallest absolute Gasteiger partial charge is 0.347 e. The first-order chi connectivity index (χ1) is 13.3. The van der Waals surface area contributed by atoms with Gasteiger partial charge >= 0.3 is 5.97 Å². The molecule has 1 fully saturated rings. The lowest BCUT2D eigenvalue weighted by Gasteiger charge is -2.38. The zero-order chi connectivity index (χ0) is 20.4. The molecule has 2 atom stereocenters. The second-order valence-electron chi connectivity index (χ2n) is 6.37. The van der Waals surface area contributed by atoms with Crippen LogP contribution in [-0.4, -0.2) is 58.8 Å². The summed E-state index contributed by atoms with van der Waals surface area (Å²) in [4.78, 5) is 33.0. The molecule has 0 spiro atoms. The number of carbonyl (C=O) groups excluding carboxylic acids is 1. The zero-order valence-corrected chi connectivity index (χ0v) is 17.6. The Morgan fingerprint density at radius 1 is 1.46 bits per heavy atom. The van der Waals surface area contributed by atoms with Crippen LogP contribution in [0.25, 0.3) is 0 Å². The number of carboxylic acids is 1. The van der Waals surface area contributed by atoms with E-state index in [2.05, 4.69) is 15.3 Å². The van der Waals surface area contributed by atoms with Crippen LogP contribution in [0, 0.1) is 6.92 Å². The lowest BCUT2D eigenvalue weighted by molar-refractivity contribution is 0.0272. The van der Waals surface area contributed by atoms with Gasteiger partial charge in [0.2, 0.25) is 0 Å². The third-order valence-electron chi connectivity index (χ3n) is 4.51. The van der Waals surface area contributed by atoms with Crippen LogP contribution in [0.5, 0.6) is 0 Å². The first kappa shape index (κ1) is 20.9. The molecule has 28 heavy (non-hydrogen) atoms. The van der Waals surface area contributed by atoms with Crippen molar-refractivity contribution in [1.82, 2.24) is 15.3 Å². The predicted molar refractivity (Wildman–Crippen MR) is 108 cm³/mol. The minimum absolute atomic E-state index is 0.187. The zero-order valence-electron chi connectivity index (χ0n) is 15.3. The number of hydrogen-bond acceptors (Lipinski definition) is 6. The summed E-state index contributed by atoms with van der Waals surface area (Å²) in [6.07, 6.45) is 1.69. The minimum Gasteiger partial charge on any atom is -0.477 e. The third kappa shape index (κ3) is 4.27. The number of aromatic carboxylic acids is 1. The number of aryl methyl sites for hydroxylation is 1. The van der Waals surface area contributed by atoms with Crippen molar-refractivity contribution in [2.45, 2.75) is 32.4 Å². The number of halogens is 2. The van der Waals surface area contributed by atoms with E-state index in [0.717, 1.165) is 11.3 Å². The molecule has 0 unspecified atom stereocenters. The second kappa shape index (κ2) is 8.69. The van der Waals surface area contributed by atoms with Crippen LogP contribution in [-0.2, 0) is 4.74 Å². The van der Waals surface area contributed by atoms with E-state index in [1.165, 1.54) is 6.20 Å². The van der Waals surface area contributed by atoms with E-state index >= 15 is 0 Å². The van der Waals surface area contributed by atoms with E-state index in [-0.39, 0.29) is 33.6 Å². The monoisotopic (exact) mass is 446 g/mol. The average Bonchev–Trinajstić information content (AvgIpc) is 3.25. The van der Waals surface area contributed by atoms with Crippen LogP contribution >= 0.6 is 34.5 Å². The van der Waals surface area contributed by atoms with Crippen molar-refractivity contribution >= 4 is 51.5 Å². The Morgan fingerprint density at radius 3 is 2.79 bits per heavy atom. The Bertz CT molecular complexity index is 885. The number of piperidine rings is 1. The molecule has 11 heteroatoms. The largest absolute Gasteiger partial charge is 0.477 e. The van der Waals surface area contributed by atoms with E-state index in [4.69, 9.17) is 33.0 Å². The number of nitrogens with zero attached hydrogens (tertiary/aromatic N) is 2. The number of aromatic amines is 1. The summed E-state index contributed by atoms with van der Waals surface area (Å²) in [6, 6.07) is -0.221. The van der Waals surface area contributed by atoms with Gasteiger partial charge in [0.1, 0.15) is 10.6 Å². The summed E-state index contributed by atoms with van der Waals surface area (Å²) < 4.78 is 5.83. The number of nitrogens with one attached hydrogen (secondary N) is 2. The fourth-order valence-corrected chi connectivity index (χ4v) is 4.32. The van der Waals surface area contributed by atoms with Gasteiger partial charge in [-0.05, 0) is 20.3 Å². The lowest BCUT2D eigenvalue weighted by Crippen LogP contribution is -2.55. The number of carboxylic acid groups (broad SMARTS) is 1. The topological polar surface area (TPSA) is 108 Å². The maximum atomic E-state index is 12.6. The molecule has 0 radical (unpaired) electrons. The van der Waals surface area contributed by atoms with Gasteiger partial charge in [0.05, 0.1) is 28.4 Å². The highest BCUT2D eigenvalue weighted by Gasteiger charge is 2.33. The first-order valence-electron chi connectivity index (χ1n) is 8.71. The Morgan fingerprint density at radius 2 is 2.21 bits per heavy atom. The Hall–Kier alpha value is -1.81. The summed E-state index contributed by atoms with van der Waals surface area (Å²) in [5.74, 6) is -1.34. The van der Waals surface area contributed by atoms with Crippen molar-refractivity contribution in [2.24, 2.45) is 0 Å². The van der Waals surface area contributed by atoms with E-state index < -0.39 is 5.97 Å². The fourth-order valence-electron chi connectivity index (χ4n) is 3.12. The van der Waals surface area contributed by atoms with Crippen molar-refractivity contribution < 1.29 is 19.4 Å². The highest BCUT2D eigenvalue weighted by molar-refractivity contribution is 7.17. The molecule has 1 saturated heterocycles. The average molecular weight is 447 g/mol. The van der Waals surface area contributed by atoms with Gasteiger partial charge in [0, 0.05) is 25.4 Å². The molecule has 152 valence electrons. The molecule has 0 aromatic carbocycles. The summed E-state index contributed by atoms with van der Waals surface area (Å²) >= 11 is 13.3. The molecule has 3 heterocycles. The fraction of sp³-hybridized carbons (Fsp3) is 0.471. The molecular weight excluding hydrogens is 427 g/mol. The van der Waals surface area contributed by atoms with Gasteiger partial charge in [0.25, 0.3) is 5.91 Å². The first-order valence-corrected chi connectivity index (χ1v) is 10.3. The van der Waals surface area contributed by atoms with Crippen molar-refractivity contribution in [3.05, 3.63) is 32.5 Å². The van der Waals surface area contributed by atoms with Crippen LogP contribution in [0.4, 0.5) is 5.13 Å². The molecule has 0 aliphatic carbocycles. The van der Waals surface area contributed by atoms with E-state index in [0.29, 0.717) is 42.0 Å². The van der Waals surface area contributed by atoms with Crippen LogP contribution < -0.4 is 10.2 Å². The summed E-state index contributed by atoms with van der Waals surface area (Å²) in [7, 11) is 0. The third-order valence-corrected chi connectivity index (χ3v) is 6.51. The van der Waals surface area contributed by atoms with Crippen LogP contribution in [0.3, 0.4) is 0 Å². The van der Waals surface area contributed by atoms with Crippen LogP contribution in [0.1, 0.15) is 39.2 Å². The summed E-state index contributed by atoms with van der Waals surface area (Å²) in [5.41, 5.74) is 0.860. The summed E-state index contributed by atoms with van der Waals surface area (Å²) in [6.45, 7) is 5.21. The molecule has 0 bridgehead atoms.